The molecule has 1 unspecified atom stereocenters. The number of aromatic nitrogens is 1. The average molecular weight is 326 g/mol. The molecule has 1 atom stereocenters. The first-order chi connectivity index (χ1) is 11.0. The quantitative estimate of drug-likeness (QED) is 0.777. The van der Waals surface area contributed by atoms with E-state index in [1.165, 1.54) is 9.58 Å². The highest BCUT2D eigenvalue weighted by molar-refractivity contribution is 7.19. The Hall–Kier alpha value is -1.75. The molecule has 2 aromatic heterocycles. The van der Waals surface area contributed by atoms with E-state index >= 15 is 0 Å². The molecule has 23 heavy (non-hydrogen) atoms. The molecule has 0 aliphatic heterocycles. The van der Waals surface area contributed by atoms with Crippen molar-refractivity contribution < 1.29 is 5.11 Å². The van der Waals surface area contributed by atoms with Crippen molar-refractivity contribution in [3.05, 3.63) is 64.8 Å². The van der Waals surface area contributed by atoms with E-state index in [-0.39, 0.29) is 0 Å². The number of benzene rings is 1. The van der Waals surface area contributed by atoms with E-state index in [1.807, 2.05) is 37.3 Å². The molecule has 0 bridgehead atoms. The Morgan fingerprint density at radius 1 is 1.13 bits per heavy atom. The number of hydrogen-bond acceptors (Lipinski definition) is 4. The van der Waals surface area contributed by atoms with Gasteiger partial charge in [-0.2, -0.15) is 0 Å². The number of aliphatic hydroxyl groups is 1. The fourth-order valence-electron chi connectivity index (χ4n) is 2.91. The second-order valence-electron chi connectivity index (χ2n) is 6.24. The molecule has 120 valence electrons. The van der Waals surface area contributed by atoms with Crippen LogP contribution in [0.2, 0.25) is 0 Å². The molecule has 1 aromatic carbocycles. The minimum atomic E-state index is -1.09. The molecule has 1 N–H and O–H groups in total. The van der Waals surface area contributed by atoms with E-state index in [2.05, 4.69) is 36.1 Å². The minimum absolute atomic E-state index is 0.689. The highest BCUT2D eigenvalue weighted by Crippen LogP contribution is 2.41. The number of fused-ring (bicyclic) bond motifs is 1. The first-order valence-electron chi connectivity index (χ1n) is 7.79. The van der Waals surface area contributed by atoms with Crippen molar-refractivity contribution in [2.75, 3.05) is 20.6 Å². The summed E-state index contributed by atoms with van der Waals surface area (Å²) in [6.45, 7) is 2.81. The number of nitrogens with zero attached hydrogens (tertiary/aromatic N) is 2. The van der Waals surface area contributed by atoms with Crippen molar-refractivity contribution >= 4 is 21.4 Å². The van der Waals surface area contributed by atoms with Gasteiger partial charge in [-0.25, -0.2) is 0 Å². The summed E-state index contributed by atoms with van der Waals surface area (Å²) in [6, 6.07) is 14.0. The highest BCUT2D eigenvalue weighted by atomic mass is 32.1. The Balaban J connectivity index is 2.16. The number of likely N-dealkylation sites (N-methyl/N-ethyl adjacent to an activating group) is 1. The fraction of sp³-hybridized carbons (Fsp3) is 0.316. The van der Waals surface area contributed by atoms with Gasteiger partial charge in [-0.1, -0.05) is 24.3 Å². The van der Waals surface area contributed by atoms with Crippen LogP contribution in [0.3, 0.4) is 0 Å². The van der Waals surface area contributed by atoms with E-state index in [0.717, 1.165) is 23.9 Å². The molecule has 3 aromatic rings. The summed E-state index contributed by atoms with van der Waals surface area (Å²) in [6.07, 6.45) is 2.66. The van der Waals surface area contributed by atoms with Crippen LogP contribution < -0.4 is 0 Å². The Morgan fingerprint density at radius 2 is 1.87 bits per heavy atom. The minimum Gasteiger partial charge on any atom is -0.379 e. The molecule has 0 aliphatic carbocycles. The summed E-state index contributed by atoms with van der Waals surface area (Å²) in [4.78, 5) is 7.80. The second-order valence-corrected chi connectivity index (χ2v) is 7.37. The Bertz CT molecular complexity index is 793. The Labute approximate surface area is 141 Å². The second kappa shape index (κ2) is 6.40. The van der Waals surface area contributed by atoms with Crippen molar-refractivity contribution in [2.45, 2.75) is 18.9 Å². The molecule has 0 radical (unpaired) electrons. The molecule has 0 fully saturated rings. The van der Waals surface area contributed by atoms with Crippen LogP contribution in [0.1, 0.15) is 23.1 Å². The summed E-state index contributed by atoms with van der Waals surface area (Å²) in [7, 11) is 4.15. The third-order valence-electron chi connectivity index (χ3n) is 4.10. The molecule has 3 nitrogen and oxygen atoms in total. The summed E-state index contributed by atoms with van der Waals surface area (Å²) in [5.41, 5.74) is 0.594. The number of rotatable bonds is 5. The van der Waals surface area contributed by atoms with Crippen LogP contribution >= 0.6 is 11.3 Å². The first kappa shape index (κ1) is 16.1. The highest BCUT2D eigenvalue weighted by Gasteiger charge is 2.32. The molecule has 0 saturated carbocycles. The largest absolute Gasteiger partial charge is 0.379 e. The van der Waals surface area contributed by atoms with E-state index < -0.39 is 5.60 Å². The van der Waals surface area contributed by atoms with E-state index in [9.17, 15) is 5.11 Å². The van der Waals surface area contributed by atoms with Crippen LogP contribution in [0, 0.1) is 0 Å². The van der Waals surface area contributed by atoms with Gasteiger partial charge in [0, 0.05) is 27.9 Å². The third-order valence-corrected chi connectivity index (χ3v) is 5.34. The van der Waals surface area contributed by atoms with Crippen molar-refractivity contribution in [1.82, 2.24) is 9.88 Å². The van der Waals surface area contributed by atoms with Gasteiger partial charge in [0.2, 0.25) is 0 Å². The van der Waals surface area contributed by atoms with Crippen molar-refractivity contribution in [1.29, 1.82) is 0 Å². The zero-order valence-corrected chi connectivity index (χ0v) is 14.6. The summed E-state index contributed by atoms with van der Waals surface area (Å²) in [5, 5.41) is 12.4. The van der Waals surface area contributed by atoms with E-state index in [1.54, 1.807) is 17.5 Å². The Morgan fingerprint density at radius 3 is 2.57 bits per heavy atom. The number of pyridine rings is 1. The van der Waals surface area contributed by atoms with Crippen LogP contribution in [0.15, 0.2) is 48.7 Å². The fourth-order valence-corrected chi connectivity index (χ4v) is 4.21. The lowest BCUT2D eigenvalue weighted by molar-refractivity contribution is 0.0984. The average Bonchev–Trinajstić information content (AvgIpc) is 2.93. The normalized spacial score (nSPS) is 14.3. The molecule has 4 heteroatoms. The van der Waals surface area contributed by atoms with Crippen molar-refractivity contribution in [3.8, 4) is 0 Å². The lowest BCUT2D eigenvalue weighted by atomic mass is 9.89. The standard InChI is InChI=1S/C19H22N2OS/c1-19(22,17-10-6-7-12-20-17)18-14-8-4-5-9-15(14)23-16(18)11-13-21(2)3/h4-10,12,22H,11,13H2,1-3H3. The zero-order chi connectivity index (χ0) is 16.4. The predicted octanol–water partition coefficient (Wildman–Crippen LogP) is 3.66. The molecular weight excluding hydrogens is 304 g/mol. The van der Waals surface area contributed by atoms with Gasteiger partial charge in [0.25, 0.3) is 0 Å². The molecule has 0 saturated heterocycles. The SMILES string of the molecule is CN(C)CCc1sc2ccccc2c1C(C)(O)c1ccccn1. The zero-order valence-electron chi connectivity index (χ0n) is 13.8. The maximum atomic E-state index is 11.3. The summed E-state index contributed by atoms with van der Waals surface area (Å²) >= 11 is 1.77. The predicted molar refractivity (Wildman–Crippen MR) is 97.0 cm³/mol. The van der Waals surface area contributed by atoms with Crippen molar-refractivity contribution in [2.24, 2.45) is 0 Å². The van der Waals surface area contributed by atoms with Gasteiger partial charge in [-0.15, -0.1) is 11.3 Å². The van der Waals surface area contributed by atoms with Gasteiger partial charge >= 0.3 is 0 Å². The van der Waals surface area contributed by atoms with Gasteiger partial charge in [0.1, 0.15) is 5.60 Å². The van der Waals surface area contributed by atoms with E-state index in [0.29, 0.717) is 5.69 Å². The van der Waals surface area contributed by atoms with Gasteiger partial charge < -0.3 is 10.0 Å². The molecule has 2 heterocycles. The monoisotopic (exact) mass is 326 g/mol. The lowest BCUT2D eigenvalue weighted by Crippen LogP contribution is -2.26. The van der Waals surface area contributed by atoms with Crippen LogP contribution in [0.25, 0.3) is 10.1 Å². The molecule has 3 rings (SSSR count). The van der Waals surface area contributed by atoms with Gasteiger partial charge in [-0.3, -0.25) is 4.98 Å². The van der Waals surface area contributed by atoms with Crippen LogP contribution in [0.5, 0.6) is 0 Å². The van der Waals surface area contributed by atoms with Gasteiger partial charge in [0.15, 0.2) is 0 Å². The topological polar surface area (TPSA) is 36.4 Å². The van der Waals surface area contributed by atoms with Gasteiger partial charge in [-0.05, 0) is 51.0 Å². The van der Waals surface area contributed by atoms with Gasteiger partial charge in [0.05, 0.1) is 5.69 Å². The van der Waals surface area contributed by atoms with Crippen molar-refractivity contribution in [3.63, 3.8) is 0 Å². The smallest absolute Gasteiger partial charge is 0.130 e. The number of thiophene rings is 1. The molecule has 0 aliphatic rings. The first-order valence-corrected chi connectivity index (χ1v) is 8.61. The molecule has 0 spiro atoms. The lowest BCUT2D eigenvalue weighted by Gasteiger charge is -2.25. The van der Waals surface area contributed by atoms with Crippen LogP contribution in [0.4, 0.5) is 0 Å². The Kier molecular flexibility index (Phi) is 4.48. The summed E-state index contributed by atoms with van der Waals surface area (Å²) < 4.78 is 1.22. The van der Waals surface area contributed by atoms with Crippen LogP contribution in [-0.2, 0) is 12.0 Å². The molecular formula is C19H22N2OS. The molecule has 0 amide bonds. The summed E-state index contributed by atoms with van der Waals surface area (Å²) in [5.74, 6) is 0. The maximum absolute atomic E-state index is 11.3. The third kappa shape index (κ3) is 3.15. The van der Waals surface area contributed by atoms with E-state index in [4.69, 9.17) is 0 Å². The maximum Gasteiger partial charge on any atom is 0.130 e. The number of hydrogen-bond donors (Lipinski definition) is 1. The van der Waals surface area contributed by atoms with Crippen LogP contribution in [-0.4, -0.2) is 35.6 Å².